The normalized spacial score (nSPS) is 17.0. The summed E-state index contributed by atoms with van der Waals surface area (Å²) >= 11 is 0. The first-order valence-corrected chi connectivity index (χ1v) is 7.30. The van der Waals surface area contributed by atoms with Crippen molar-refractivity contribution < 1.29 is 0 Å². The zero-order valence-corrected chi connectivity index (χ0v) is 14.3. The molecule has 0 unspecified atom stereocenters. The number of piperazine rings is 1. The summed E-state index contributed by atoms with van der Waals surface area (Å²) in [7, 11) is 2.15. The van der Waals surface area contributed by atoms with Gasteiger partial charge in [-0.1, -0.05) is 25.1 Å². The van der Waals surface area contributed by atoms with Crippen molar-refractivity contribution in [1.29, 1.82) is 0 Å². The molecule has 5 heteroatoms. The quantitative estimate of drug-likeness (QED) is 0.931. The van der Waals surface area contributed by atoms with Gasteiger partial charge in [0.25, 0.3) is 0 Å². The summed E-state index contributed by atoms with van der Waals surface area (Å²) in [5.74, 6) is 0. The monoisotopic (exact) mass is 329 g/mol. The van der Waals surface area contributed by atoms with Crippen molar-refractivity contribution in [2.75, 3.05) is 26.2 Å². The minimum Gasteiger partial charge on any atom is -0.350 e. The fourth-order valence-electron chi connectivity index (χ4n) is 3.31. The predicted octanol–water partition coefficient (Wildman–Crippen LogP) is 3.38. The molecule has 118 valence electrons. The molecule has 0 amide bonds. The van der Waals surface area contributed by atoms with Crippen LogP contribution in [-0.2, 0) is 7.05 Å². The standard InChI is InChI=1S/C16H23N3.2ClH/c1-3-15(19-10-8-17-9-11-19)14-12-18(2)16-7-5-4-6-13(14)16;;/h4-7,12,15,17H,3,8-11H2,1-2H3;2*1H/t15-;;/m1../s1. The number of benzene rings is 1. The number of nitrogens with zero attached hydrogens (tertiary/aromatic N) is 2. The van der Waals surface area contributed by atoms with Crippen molar-refractivity contribution in [3.05, 3.63) is 36.0 Å². The Balaban J connectivity index is 0.00000110. The summed E-state index contributed by atoms with van der Waals surface area (Å²) in [4.78, 5) is 2.62. The lowest BCUT2D eigenvalue weighted by atomic mass is 10.0. The van der Waals surface area contributed by atoms with Gasteiger partial charge in [-0.15, -0.1) is 24.8 Å². The molecule has 1 N–H and O–H groups in total. The van der Waals surface area contributed by atoms with Gasteiger partial charge >= 0.3 is 0 Å². The Bertz CT molecular complexity index is 562. The van der Waals surface area contributed by atoms with E-state index in [1.807, 2.05) is 0 Å². The molecule has 0 aliphatic carbocycles. The SMILES string of the molecule is CC[C@H](c1cn(C)c2ccccc12)N1CCNCC1.Cl.Cl. The van der Waals surface area contributed by atoms with Crippen LogP contribution in [0.4, 0.5) is 0 Å². The van der Waals surface area contributed by atoms with E-state index in [2.05, 4.69) is 59.2 Å². The highest BCUT2D eigenvalue weighted by atomic mass is 35.5. The van der Waals surface area contributed by atoms with Gasteiger partial charge in [-0.05, 0) is 18.1 Å². The second kappa shape index (κ2) is 8.04. The van der Waals surface area contributed by atoms with Crippen molar-refractivity contribution in [3.8, 4) is 0 Å². The Morgan fingerprint density at radius 3 is 2.48 bits per heavy atom. The average Bonchev–Trinajstić information content (AvgIpc) is 2.79. The van der Waals surface area contributed by atoms with Gasteiger partial charge in [-0.3, -0.25) is 4.90 Å². The third-order valence-corrected chi connectivity index (χ3v) is 4.27. The van der Waals surface area contributed by atoms with Gasteiger partial charge in [0.1, 0.15) is 0 Å². The Morgan fingerprint density at radius 1 is 1.14 bits per heavy atom. The van der Waals surface area contributed by atoms with E-state index in [9.17, 15) is 0 Å². The smallest absolute Gasteiger partial charge is 0.0481 e. The summed E-state index contributed by atoms with van der Waals surface area (Å²) in [6.07, 6.45) is 3.49. The van der Waals surface area contributed by atoms with E-state index in [4.69, 9.17) is 0 Å². The number of aryl methyl sites for hydroxylation is 1. The Labute approximate surface area is 139 Å². The average molecular weight is 330 g/mol. The number of para-hydroxylation sites is 1. The van der Waals surface area contributed by atoms with E-state index in [1.165, 1.54) is 22.9 Å². The molecule has 1 aliphatic rings. The lowest BCUT2D eigenvalue weighted by Crippen LogP contribution is -2.45. The number of rotatable bonds is 3. The molecule has 3 rings (SSSR count). The number of aromatic nitrogens is 1. The second-order valence-electron chi connectivity index (χ2n) is 5.42. The van der Waals surface area contributed by atoms with E-state index >= 15 is 0 Å². The molecule has 0 spiro atoms. The fraction of sp³-hybridized carbons (Fsp3) is 0.500. The molecule has 2 heterocycles. The lowest BCUT2D eigenvalue weighted by molar-refractivity contribution is 0.170. The zero-order valence-electron chi connectivity index (χ0n) is 12.7. The van der Waals surface area contributed by atoms with Gasteiger partial charge in [-0.2, -0.15) is 0 Å². The Kier molecular flexibility index (Phi) is 7.01. The van der Waals surface area contributed by atoms with Crippen LogP contribution in [0.25, 0.3) is 10.9 Å². The van der Waals surface area contributed by atoms with Crippen LogP contribution < -0.4 is 5.32 Å². The maximum Gasteiger partial charge on any atom is 0.0481 e. The molecule has 3 nitrogen and oxygen atoms in total. The van der Waals surface area contributed by atoms with E-state index in [-0.39, 0.29) is 24.8 Å². The maximum atomic E-state index is 3.44. The zero-order chi connectivity index (χ0) is 13.2. The van der Waals surface area contributed by atoms with Crippen LogP contribution in [0, 0.1) is 0 Å². The first-order chi connectivity index (χ1) is 9.31. The molecule has 0 radical (unpaired) electrons. The molecular weight excluding hydrogens is 305 g/mol. The highest BCUT2D eigenvalue weighted by Gasteiger charge is 2.23. The van der Waals surface area contributed by atoms with Gasteiger partial charge in [-0.25, -0.2) is 0 Å². The van der Waals surface area contributed by atoms with Gasteiger partial charge in [0.2, 0.25) is 0 Å². The highest BCUT2D eigenvalue weighted by molar-refractivity contribution is 5.86. The first-order valence-electron chi connectivity index (χ1n) is 7.30. The maximum absolute atomic E-state index is 3.44. The topological polar surface area (TPSA) is 20.2 Å². The second-order valence-corrected chi connectivity index (χ2v) is 5.42. The largest absolute Gasteiger partial charge is 0.350 e. The van der Waals surface area contributed by atoms with Crippen LogP contribution in [0.2, 0.25) is 0 Å². The van der Waals surface area contributed by atoms with Gasteiger partial charge in [0.05, 0.1) is 0 Å². The molecule has 0 bridgehead atoms. The number of hydrogen-bond donors (Lipinski definition) is 1. The van der Waals surface area contributed by atoms with Crippen molar-refractivity contribution in [2.24, 2.45) is 7.05 Å². The van der Waals surface area contributed by atoms with E-state index in [0.717, 1.165) is 26.2 Å². The molecule has 1 aromatic carbocycles. The molecule has 1 aliphatic heterocycles. The van der Waals surface area contributed by atoms with Crippen LogP contribution in [0.1, 0.15) is 24.9 Å². The molecule has 1 fully saturated rings. The van der Waals surface area contributed by atoms with Crippen LogP contribution in [0.5, 0.6) is 0 Å². The van der Waals surface area contributed by atoms with Crippen molar-refractivity contribution in [1.82, 2.24) is 14.8 Å². The Morgan fingerprint density at radius 2 is 1.81 bits per heavy atom. The van der Waals surface area contributed by atoms with Crippen molar-refractivity contribution in [2.45, 2.75) is 19.4 Å². The van der Waals surface area contributed by atoms with Crippen LogP contribution in [0.15, 0.2) is 30.5 Å². The molecule has 1 atom stereocenters. The molecule has 21 heavy (non-hydrogen) atoms. The van der Waals surface area contributed by atoms with E-state index in [1.54, 1.807) is 0 Å². The third kappa shape index (κ3) is 3.54. The first kappa shape index (κ1) is 18.3. The third-order valence-electron chi connectivity index (χ3n) is 4.27. The molecule has 0 saturated carbocycles. The van der Waals surface area contributed by atoms with Crippen molar-refractivity contribution in [3.63, 3.8) is 0 Å². The van der Waals surface area contributed by atoms with Gasteiger partial charge in [0.15, 0.2) is 0 Å². The summed E-state index contributed by atoms with van der Waals surface area (Å²) in [6, 6.07) is 9.29. The number of halogens is 2. The fourth-order valence-corrected chi connectivity index (χ4v) is 3.31. The molecule has 1 aromatic heterocycles. The number of fused-ring (bicyclic) bond motifs is 1. The Hall–Kier alpha value is -0.740. The number of nitrogens with one attached hydrogen (secondary N) is 1. The van der Waals surface area contributed by atoms with Crippen LogP contribution in [0.3, 0.4) is 0 Å². The summed E-state index contributed by atoms with van der Waals surface area (Å²) in [5, 5.41) is 4.85. The van der Waals surface area contributed by atoms with E-state index < -0.39 is 0 Å². The van der Waals surface area contributed by atoms with Gasteiger partial charge < -0.3 is 9.88 Å². The molecule has 2 aromatic rings. The highest BCUT2D eigenvalue weighted by Crippen LogP contribution is 2.31. The number of hydrogen-bond acceptors (Lipinski definition) is 2. The minimum atomic E-state index is 0. The van der Waals surface area contributed by atoms with Crippen LogP contribution in [-0.4, -0.2) is 35.6 Å². The minimum absolute atomic E-state index is 0. The lowest BCUT2D eigenvalue weighted by Gasteiger charge is -2.34. The summed E-state index contributed by atoms with van der Waals surface area (Å²) < 4.78 is 2.26. The van der Waals surface area contributed by atoms with Crippen molar-refractivity contribution >= 4 is 35.7 Å². The molecular formula is C16H25Cl2N3. The summed E-state index contributed by atoms with van der Waals surface area (Å²) in [5.41, 5.74) is 2.83. The molecule has 1 saturated heterocycles. The van der Waals surface area contributed by atoms with Crippen LogP contribution >= 0.6 is 24.8 Å². The summed E-state index contributed by atoms with van der Waals surface area (Å²) in [6.45, 7) is 6.83. The van der Waals surface area contributed by atoms with E-state index in [0.29, 0.717) is 6.04 Å². The predicted molar refractivity (Wildman–Crippen MR) is 94.9 cm³/mol. The van der Waals surface area contributed by atoms with Gasteiger partial charge in [0, 0.05) is 56.4 Å².